The van der Waals surface area contributed by atoms with Gasteiger partial charge in [-0.3, -0.25) is 9.97 Å². The maximum atomic E-state index is 7.28. The Hall–Kier alpha value is -10.1. The molecule has 2 aromatic heterocycles. The number of hydrogen-bond donors (Lipinski definition) is 0. The number of hydrogen-bond acceptors (Lipinski definition) is 5. The molecule has 0 N–H and O–H groups in total. The number of nitrogens with zero attached hydrogens (tertiary/aromatic N) is 4. The summed E-state index contributed by atoms with van der Waals surface area (Å²) in [5.41, 5.74) is 20.0. The minimum Gasteiger partial charge on any atom is -0.457 e. The SMILES string of the molecule is c1ccc(C2(c3ccccc3)c3ccccc3N(c3ccc4c(c3)C3(c5cc(N6c7ccccc7C(c7ccccc7)(c7ccccc7)c7ccccc76)ccc5O4)c4cccnc4-c4ncccc43)c3ccccc32)cc1. The van der Waals surface area contributed by atoms with E-state index in [1.54, 1.807) is 0 Å². The van der Waals surface area contributed by atoms with Crippen molar-refractivity contribution in [1.29, 1.82) is 0 Å². The molecule has 0 saturated heterocycles. The molecule has 5 heterocycles. The van der Waals surface area contributed by atoms with Gasteiger partial charge in [0.05, 0.1) is 50.4 Å². The van der Waals surface area contributed by atoms with Crippen LogP contribution in [0.2, 0.25) is 0 Å². The van der Waals surface area contributed by atoms with Crippen LogP contribution in [-0.2, 0) is 16.2 Å². The predicted octanol–water partition coefficient (Wildman–Crippen LogP) is 17.3. The molecule has 0 radical (unpaired) electrons. The molecule has 5 nitrogen and oxygen atoms in total. The summed E-state index contributed by atoms with van der Waals surface area (Å²) in [4.78, 5) is 15.3. The fourth-order valence-corrected chi connectivity index (χ4v) is 14.2. The quantitative estimate of drug-likeness (QED) is 0.166. The molecule has 0 atom stereocenters. The minimum atomic E-state index is -0.887. The Morgan fingerprint density at radius 2 is 0.551 bits per heavy atom. The zero-order chi connectivity index (χ0) is 51.4. The van der Waals surface area contributed by atoms with Gasteiger partial charge in [-0.25, -0.2) is 0 Å². The molecule has 78 heavy (non-hydrogen) atoms. The first-order valence-electron chi connectivity index (χ1n) is 26.8. The zero-order valence-electron chi connectivity index (χ0n) is 42.4. The molecule has 0 bridgehead atoms. The zero-order valence-corrected chi connectivity index (χ0v) is 42.4. The first-order valence-corrected chi connectivity index (χ1v) is 26.8. The number of aromatic nitrogens is 2. The summed E-state index contributed by atoms with van der Waals surface area (Å²) >= 11 is 0. The van der Waals surface area contributed by atoms with E-state index in [0.29, 0.717) is 0 Å². The Bertz CT molecular complexity index is 3870. The lowest BCUT2D eigenvalue weighted by Gasteiger charge is -2.47. The van der Waals surface area contributed by atoms with E-state index >= 15 is 0 Å². The standard InChI is InChI=1S/C73H48N4O/c1-5-23-49(24-6-1)71(50-25-7-2-8-26-50)55-31-13-17-37-63(55)76(64-38-18-14-32-56(64)71)53-41-43-67-61(47-53)73(59-35-21-45-74-69(59)70-60(73)36-22-46-75-70)62-48-54(42-44-68(62)78-67)77-65-39-19-15-33-57(65)72(51-27-9-3-10-28-51,52-29-11-4-12-30-52)58-34-16-20-40-66(58)77/h1-48H. The number of anilines is 6. The van der Waals surface area contributed by atoms with Crippen LogP contribution in [0.15, 0.2) is 291 Å². The van der Waals surface area contributed by atoms with Crippen LogP contribution < -0.4 is 14.5 Å². The van der Waals surface area contributed by atoms with Crippen LogP contribution in [-0.4, -0.2) is 9.97 Å². The summed E-state index contributed by atoms with van der Waals surface area (Å²) in [6.07, 6.45) is 3.79. The van der Waals surface area contributed by atoms with Crippen LogP contribution in [0, 0.1) is 0 Å². The van der Waals surface area contributed by atoms with Gasteiger partial charge >= 0.3 is 0 Å². The van der Waals surface area contributed by atoms with Gasteiger partial charge in [0.25, 0.3) is 0 Å². The largest absolute Gasteiger partial charge is 0.457 e. The van der Waals surface area contributed by atoms with Crippen LogP contribution >= 0.6 is 0 Å². The van der Waals surface area contributed by atoms with Crippen molar-refractivity contribution in [3.8, 4) is 22.9 Å². The van der Waals surface area contributed by atoms with Crippen LogP contribution in [0.1, 0.15) is 66.8 Å². The topological polar surface area (TPSA) is 41.5 Å². The third-order valence-corrected chi connectivity index (χ3v) is 17.1. The number of benzene rings is 10. The van der Waals surface area contributed by atoms with Gasteiger partial charge in [-0.1, -0.05) is 206 Å². The van der Waals surface area contributed by atoms with Gasteiger partial charge in [-0.05, 0) is 128 Å². The smallest absolute Gasteiger partial charge is 0.132 e. The first kappa shape index (κ1) is 44.2. The fraction of sp³-hybridized carbons (Fsp3) is 0.0411. The number of para-hydroxylation sites is 4. The molecule has 0 saturated carbocycles. The van der Waals surface area contributed by atoms with E-state index in [9.17, 15) is 0 Å². The molecule has 4 aliphatic rings. The van der Waals surface area contributed by atoms with E-state index in [2.05, 4.69) is 289 Å². The van der Waals surface area contributed by atoms with Crippen LogP contribution in [0.4, 0.5) is 34.1 Å². The summed E-state index contributed by atoms with van der Waals surface area (Å²) in [5, 5.41) is 0. The lowest BCUT2D eigenvalue weighted by atomic mass is 9.62. The third-order valence-electron chi connectivity index (χ3n) is 17.1. The second-order valence-electron chi connectivity index (χ2n) is 20.7. The Morgan fingerprint density at radius 3 is 0.885 bits per heavy atom. The maximum Gasteiger partial charge on any atom is 0.132 e. The summed E-state index contributed by atoms with van der Waals surface area (Å²) < 4.78 is 7.28. The average molecular weight is 997 g/mol. The Labute approximate surface area is 453 Å². The monoisotopic (exact) mass is 996 g/mol. The van der Waals surface area contributed by atoms with Crippen LogP contribution in [0.25, 0.3) is 11.4 Å². The third kappa shape index (κ3) is 5.85. The molecule has 3 aliphatic heterocycles. The predicted molar refractivity (Wildman–Crippen MR) is 313 cm³/mol. The van der Waals surface area contributed by atoms with Crippen molar-refractivity contribution in [2.45, 2.75) is 16.2 Å². The summed E-state index contributed by atoms with van der Waals surface area (Å²) in [6.45, 7) is 0. The van der Waals surface area contributed by atoms with Gasteiger partial charge in [0.1, 0.15) is 11.5 Å². The number of rotatable bonds is 6. The maximum absolute atomic E-state index is 7.28. The Morgan fingerprint density at radius 1 is 0.256 bits per heavy atom. The molecular weight excluding hydrogens is 949 g/mol. The lowest BCUT2D eigenvalue weighted by Crippen LogP contribution is -2.38. The molecule has 16 rings (SSSR count). The minimum absolute atomic E-state index is 0.603. The normalized spacial score (nSPS) is 15.0. The first-order chi connectivity index (χ1) is 38.7. The highest BCUT2D eigenvalue weighted by Crippen LogP contribution is 2.65. The second-order valence-corrected chi connectivity index (χ2v) is 20.7. The van der Waals surface area contributed by atoms with Crippen molar-refractivity contribution >= 4 is 34.1 Å². The highest BCUT2D eigenvalue weighted by Gasteiger charge is 2.54. The van der Waals surface area contributed by atoms with E-state index in [4.69, 9.17) is 14.7 Å². The van der Waals surface area contributed by atoms with E-state index < -0.39 is 16.2 Å². The van der Waals surface area contributed by atoms with Crippen molar-refractivity contribution < 1.29 is 4.74 Å². The summed E-state index contributed by atoms with van der Waals surface area (Å²) in [5.74, 6) is 1.58. The number of fused-ring (bicyclic) bond motifs is 13. The average Bonchev–Trinajstić information content (AvgIpc) is 3.73. The van der Waals surface area contributed by atoms with Crippen LogP contribution in [0.5, 0.6) is 11.5 Å². The van der Waals surface area contributed by atoms with Gasteiger partial charge in [-0.15, -0.1) is 0 Å². The van der Waals surface area contributed by atoms with Gasteiger partial charge in [-0.2, -0.15) is 0 Å². The highest BCUT2D eigenvalue weighted by molar-refractivity contribution is 5.94. The molecule has 5 heteroatoms. The molecule has 0 fully saturated rings. The van der Waals surface area contributed by atoms with E-state index in [-0.39, 0.29) is 0 Å². The summed E-state index contributed by atoms with van der Waals surface area (Å²) in [7, 11) is 0. The molecule has 1 aliphatic carbocycles. The van der Waals surface area contributed by atoms with E-state index in [0.717, 1.165) is 79.3 Å². The van der Waals surface area contributed by atoms with Crippen molar-refractivity contribution in [1.82, 2.24) is 9.97 Å². The molecule has 0 unspecified atom stereocenters. The fourth-order valence-electron chi connectivity index (χ4n) is 14.2. The number of pyridine rings is 2. The van der Waals surface area contributed by atoms with Gasteiger partial charge in [0.2, 0.25) is 0 Å². The second kappa shape index (κ2) is 17.0. The molecule has 10 aromatic carbocycles. The van der Waals surface area contributed by atoms with Crippen molar-refractivity contribution in [3.05, 3.63) is 358 Å². The van der Waals surface area contributed by atoms with Crippen LogP contribution in [0.3, 0.4) is 0 Å². The molecule has 1 spiro atoms. The Balaban J connectivity index is 0.942. The van der Waals surface area contributed by atoms with Crippen molar-refractivity contribution in [3.63, 3.8) is 0 Å². The van der Waals surface area contributed by atoms with Crippen molar-refractivity contribution in [2.24, 2.45) is 0 Å². The van der Waals surface area contributed by atoms with Crippen molar-refractivity contribution in [2.75, 3.05) is 9.80 Å². The lowest BCUT2D eigenvalue weighted by molar-refractivity contribution is 0.436. The molecule has 12 aromatic rings. The van der Waals surface area contributed by atoms with Gasteiger partial charge < -0.3 is 14.5 Å². The Kier molecular flexibility index (Phi) is 9.61. The van der Waals surface area contributed by atoms with E-state index in [1.165, 1.54) is 44.5 Å². The van der Waals surface area contributed by atoms with Gasteiger partial charge in [0.15, 0.2) is 0 Å². The molecular formula is C73H48N4O. The molecule has 0 amide bonds. The highest BCUT2D eigenvalue weighted by atomic mass is 16.5. The molecule has 366 valence electrons. The van der Waals surface area contributed by atoms with Gasteiger partial charge in [0, 0.05) is 34.9 Å². The summed E-state index contributed by atoms with van der Waals surface area (Å²) in [6, 6.07) is 102. The number of ether oxygens (including phenoxy) is 1. The van der Waals surface area contributed by atoms with E-state index in [1.807, 2.05) is 12.4 Å².